The summed E-state index contributed by atoms with van der Waals surface area (Å²) in [6.45, 7) is -0.0556. The Kier molecular flexibility index (Phi) is 5.82. The standard InChI is InChI=1S/C24H14Cl2F3N5O/c25-17-6-2-15(3-7-17)20-21(16-4-8-18(26)9-5-16)23(35)33(34-13-31-32-22(20)34)12-14-1-10-19(30-11-14)24(27,28)29/h1-11,13H,12H2. The van der Waals surface area contributed by atoms with Crippen molar-refractivity contribution in [3.8, 4) is 22.3 Å². The van der Waals surface area contributed by atoms with Gasteiger partial charge in [-0.3, -0.25) is 9.78 Å². The molecule has 2 aromatic carbocycles. The van der Waals surface area contributed by atoms with E-state index in [0.29, 0.717) is 43.5 Å². The van der Waals surface area contributed by atoms with Gasteiger partial charge in [-0.15, -0.1) is 10.2 Å². The Morgan fingerprint density at radius 3 is 1.97 bits per heavy atom. The van der Waals surface area contributed by atoms with Crippen LogP contribution in [-0.2, 0) is 12.7 Å². The number of pyridine rings is 1. The molecule has 0 spiro atoms. The SMILES string of the molecule is O=c1c(-c2ccc(Cl)cc2)c(-c2ccc(Cl)cc2)c2nncn2n1Cc1ccc(C(F)(F)F)nc1. The van der Waals surface area contributed by atoms with Crippen LogP contribution in [0.5, 0.6) is 0 Å². The molecular weight excluding hydrogens is 502 g/mol. The number of rotatable bonds is 4. The number of alkyl halides is 3. The number of hydrogen-bond acceptors (Lipinski definition) is 4. The highest BCUT2D eigenvalue weighted by atomic mass is 35.5. The quantitative estimate of drug-likeness (QED) is 0.294. The van der Waals surface area contributed by atoms with Crippen molar-refractivity contribution in [2.75, 3.05) is 0 Å². The second-order valence-electron chi connectivity index (χ2n) is 7.68. The van der Waals surface area contributed by atoms with Gasteiger partial charge >= 0.3 is 6.18 Å². The van der Waals surface area contributed by atoms with Gasteiger partial charge in [-0.1, -0.05) is 53.5 Å². The zero-order valence-corrected chi connectivity index (χ0v) is 19.2. The summed E-state index contributed by atoms with van der Waals surface area (Å²) in [5, 5.41) is 9.26. The zero-order valence-electron chi connectivity index (χ0n) is 17.7. The molecule has 0 saturated carbocycles. The highest BCUT2D eigenvalue weighted by Crippen LogP contribution is 2.34. The lowest BCUT2D eigenvalue weighted by molar-refractivity contribution is -0.141. The minimum absolute atomic E-state index is 0.0556. The van der Waals surface area contributed by atoms with Crippen LogP contribution in [-0.4, -0.2) is 24.4 Å². The molecule has 0 aliphatic rings. The molecular formula is C24H14Cl2F3N5O. The van der Waals surface area contributed by atoms with E-state index in [1.54, 1.807) is 48.5 Å². The third kappa shape index (κ3) is 4.40. The lowest BCUT2D eigenvalue weighted by Gasteiger charge is -2.17. The van der Waals surface area contributed by atoms with Crippen molar-refractivity contribution in [2.24, 2.45) is 0 Å². The Labute approximate surface area is 206 Å². The van der Waals surface area contributed by atoms with E-state index in [0.717, 1.165) is 12.3 Å². The molecule has 3 aromatic heterocycles. The van der Waals surface area contributed by atoms with Crippen molar-refractivity contribution in [3.05, 3.63) is 105 Å². The molecule has 0 saturated heterocycles. The van der Waals surface area contributed by atoms with Crippen LogP contribution in [0.2, 0.25) is 10.0 Å². The summed E-state index contributed by atoms with van der Waals surface area (Å²) in [7, 11) is 0. The van der Waals surface area contributed by atoms with Crippen molar-refractivity contribution in [1.29, 1.82) is 0 Å². The van der Waals surface area contributed by atoms with E-state index < -0.39 is 17.4 Å². The van der Waals surface area contributed by atoms with Crippen molar-refractivity contribution in [1.82, 2.24) is 24.4 Å². The first-order valence-corrected chi connectivity index (χ1v) is 11.0. The molecule has 3 heterocycles. The average Bonchev–Trinajstić information content (AvgIpc) is 3.31. The minimum atomic E-state index is -4.56. The number of aromatic nitrogens is 5. The largest absolute Gasteiger partial charge is 0.433 e. The van der Waals surface area contributed by atoms with Crippen LogP contribution in [0.25, 0.3) is 27.9 Å². The van der Waals surface area contributed by atoms with E-state index in [1.165, 1.54) is 21.6 Å². The summed E-state index contributed by atoms with van der Waals surface area (Å²) in [6.07, 6.45) is -2.08. The molecule has 176 valence electrons. The Morgan fingerprint density at radius 2 is 1.43 bits per heavy atom. The minimum Gasteiger partial charge on any atom is -0.267 e. The first-order chi connectivity index (χ1) is 16.7. The lowest BCUT2D eigenvalue weighted by Crippen LogP contribution is -2.29. The van der Waals surface area contributed by atoms with Gasteiger partial charge in [0.1, 0.15) is 12.0 Å². The van der Waals surface area contributed by atoms with Crippen LogP contribution in [0.3, 0.4) is 0 Å². The van der Waals surface area contributed by atoms with E-state index in [4.69, 9.17) is 23.2 Å². The van der Waals surface area contributed by atoms with Crippen LogP contribution in [0, 0.1) is 0 Å². The normalized spacial score (nSPS) is 11.8. The van der Waals surface area contributed by atoms with Gasteiger partial charge in [0.05, 0.1) is 12.1 Å². The highest BCUT2D eigenvalue weighted by molar-refractivity contribution is 6.31. The van der Waals surface area contributed by atoms with Gasteiger partial charge in [-0.25, -0.2) is 9.20 Å². The molecule has 0 radical (unpaired) electrons. The maximum absolute atomic E-state index is 13.9. The van der Waals surface area contributed by atoms with Crippen LogP contribution >= 0.6 is 23.2 Å². The predicted molar refractivity (Wildman–Crippen MR) is 126 cm³/mol. The van der Waals surface area contributed by atoms with Crippen LogP contribution in [0.4, 0.5) is 13.2 Å². The number of halogens is 5. The average molecular weight is 516 g/mol. The molecule has 0 bridgehead atoms. The number of fused-ring (bicyclic) bond motifs is 1. The first kappa shape index (κ1) is 23.1. The van der Waals surface area contributed by atoms with Crippen molar-refractivity contribution in [2.45, 2.75) is 12.7 Å². The highest BCUT2D eigenvalue weighted by Gasteiger charge is 2.32. The summed E-state index contributed by atoms with van der Waals surface area (Å²) in [5.41, 5.74) is 1.53. The van der Waals surface area contributed by atoms with Gasteiger partial charge in [-0.05, 0) is 47.0 Å². The van der Waals surface area contributed by atoms with Gasteiger partial charge in [0.2, 0.25) is 0 Å². The zero-order chi connectivity index (χ0) is 24.7. The Bertz CT molecular complexity index is 1580. The molecule has 11 heteroatoms. The monoisotopic (exact) mass is 515 g/mol. The van der Waals surface area contributed by atoms with Gasteiger partial charge in [0.15, 0.2) is 5.65 Å². The van der Waals surface area contributed by atoms with Gasteiger partial charge < -0.3 is 0 Å². The Morgan fingerprint density at radius 1 is 0.829 bits per heavy atom. The fraction of sp³-hybridized carbons (Fsp3) is 0.0833. The molecule has 5 rings (SSSR count). The molecule has 0 aliphatic carbocycles. The predicted octanol–water partition coefficient (Wildman–Crippen LogP) is 5.99. The topological polar surface area (TPSA) is 65.1 Å². The van der Waals surface area contributed by atoms with E-state index >= 15 is 0 Å². The third-order valence-corrected chi connectivity index (χ3v) is 5.93. The Balaban J connectivity index is 1.74. The van der Waals surface area contributed by atoms with Gasteiger partial charge in [0.25, 0.3) is 5.56 Å². The summed E-state index contributed by atoms with van der Waals surface area (Å²) in [4.78, 5) is 17.4. The molecule has 0 fully saturated rings. The summed E-state index contributed by atoms with van der Waals surface area (Å²) < 4.78 is 41.6. The third-order valence-electron chi connectivity index (χ3n) is 5.43. The Hall–Kier alpha value is -3.69. The summed E-state index contributed by atoms with van der Waals surface area (Å²) in [6, 6.07) is 15.9. The lowest BCUT2D eigenvalue weighted by atomic mass is 9.96. The molecule has 35 heavy (non-hydrogen) atoms. The molecule has 0 atom stereocenters. The van der Waals surface area contributed by atoms with E-state index in [-0.39, 0.29) is 6.54 Å². The van der Waals surface area contributed by atoms with E-state index in [2.05, 4.69) is 15.2 Å². The fourth-order valence-electron chi connectivity index (χ4n) is 3.80. The summed E-state index contributed by atoms with van der Waals surface area (Å²) >= 11 is 12.1. The number of hydrogen-bond donors (Lipinski definition) is 0. The second-order valence-corrected chi connectivity index (χ2v) is 8.55. The van der Waals surface area contributed by atoms with Gasteiger partial charge in [-0.2, -0.15) is 13.2 Å². The first-order valence-electron chi connectivity index (χ1n) is 10.2. The van der Waals surface area contributed by atoms with E-state index in [9.17, 15) is 18.0 Å². The molecule has 0 N–H and O–H groups in total. The van der Waals surface area contributed by atoms with Crippen molar-refractivity contribution in [3.63, 3.8) is 0 Å². The second kappa shape index (κ2) is 8.83. The van der Waals surface area contributed by atoms with Crippen molar-refractivity contribution < 1.29 is 13.2 Å². The molecule has 6 nitrogen and oxygen atoms in total. The smallest absolute Gasteiger partial charge is 0.267 e. The molecule has 5 aromatic rings. The van der Waals surface area contributed by atoms with Crippen LogP contribution in [0.1, 0.15) is 11.3 Å². The van der Waals surface area contributed by atoms with Gasteiger partial charge in [0, 0.05) is 21.8 Å². The summed E-state index contributed by atoms with van der Waals surface area (Å²) in [5.74, 6) is 0. The number of benzene rings is 2. The van der Waals surface area contributed by atoms with Crippen LogP contribution < -0.4 is 5.56 Å². The van der Waals surface area contributed by atoms with E-state index in [1.807, 2.05) is 0 Å². The van der Waals surface area contributed by atoms with Crippen molar-refractivity contribution >= 4 is 28.8 Å². The molecule has 0 amide bonds. The van der Waals surface area contributed by atoms with Crippen LogP contribution in [0.15, 0.2) is 78.0 Å². The number of nitrogens with zero attached hydrogens (tertiary/aromatic N) is 5. The molecule has 0 unspecified atom stereocenters. The maximum atomic E-state index is 13.9. The molecule has 0 aliphatic heterocycles. The fourth-order valence-corrected chi connectivity index (χ4v) is 4.05. The maximum Gasteiger partial charge on any atom is 0.433 e.